The van der Waals surface area contributed by atoms with Crippen molar-refractivity contribution in [3.63, 3.8) is 0 Å². The Hall–Kier alpha value is -1.94. The fraction of sp³-hybridized carbons (Fsp3) is 0.250. The Kier molecular flexibility index (Phi) is 3.65. The summed E-state index contributed by atoms with van der Waals surface area (Å²) in [5.41, 5.74) is 2.41. The summed E-state index contributed by atoms with van der Waals surface area (Å²) >= 11 is 1.67. The number of nitrogens with one attached hydrogen (secondary N) is 1. The Morgan fingerprint density at radius 1 is 1.20 bits per heavy atom. The molecular weight excluding hydrogens is 266 g/mol. The Bertz CT molecular complexity index is 706. The lowest BCUT2D eigenvalue weighted by Crippen LogP contribution is -2.14. The molecule has 0 fully saturated rings. The SMILES string of the molecule is CCC(C)Nc1ncnc2scc(-c3ccccc3)c12. The largest absolute Gasteiger partial charge is 0.367 e. The quantitative estimate of drug-likeness (QED) is 0.762. The van der Waals surface area contributed by atoms with Gasteiger partial charge in [0.05, 0.1) is 5.39 Å². The highest BCUT2D eigenvalue weighted by atomic mass is 32.1. The number of hydrogen-bond acceptors (Lipinski definition) is 4. The van der Waals surface area contributed by atoms with Gasteiger partial charge >= 0.3 is 0 Å². The average Bonchev–Trinajstić information content (AvgIpc) is 2.93. The van der Waals surface area contributed by atoms with E-state index >= 15 is 0 Å². The van der Waals surface area contributed by atoms with Crippen LogP contribution in [0.15, 0.2) is 42.0 Å². The van der Waals surface area contributed by atoms with Crippen molar-refractivity contribution < 1.29 is 0 Å². The lowest BCUT2D eigenvalue weighted by atomic mass is 10.1. The monoisotopic (exact) mass is 283 g/mol. The molecule has 0 saturated heterocycles. The first-order valence-corrected chi connectivity index (χ1v) is 7.71. The van der Waals surface area contributed by atoms with Crippen LogP contribution in [-0.2, 0) is 0 Å². The first-order valence-electron chi connectivity index (χ1n) is 6.83. The molecule has 1 N–H and O–H groups in total. The third kappa shape index (κ3) is 2.39. The first kappa shape index (κ1) is 13.1. The van der Waals surface area contributed by atoms with E-state index in [4.69, 9.17) is 0 Å². The normalized spacial score (nSPS) is 12.5. The summed E-state index contributed by atoms with van der Waals surface area (Å²) < 4.78 is 0. The van der Waals surface area contributed by atoms with E-state index in [9.17, 15) is 0 Å². The lowest BCUT2D eigenvalue weighted by molar-refractivity contribution is 0.760. The van der Waals surface area contributed by atoms with E-state index in [-0.39, 0.29) is 0 Å². The van der Waals surface area contributed by atoms with Crippen LogP contribution in [0.25, 0.3) is 21.3 Å². The van der Waals surface area contributed by atoms with Crippen molar-refractivity contribution in [2.75, 3.05) is 5.32 Å². The van der Waals surface area contributed by atoms with Gasteiger partial charge in [0.1, 0.15) is 17.0 Å². The highest BCUT2D eigenvalue weighted by Gasteiger charge is 2.13. The molecule has 0 bridgehead atoms. The van der Waals surface area contributed by atoms with Gasteiger partial charge in [-0.1, -0.05) is 37.3 Å². The first-order chi connectivity index (χ1) is 9.79. The molecule has 20 heavy (non-hydrogen) atoms. The fourth-order valence-electron chi connectivity index (χ4n) is 2.15. The summed E-state index contributed by atoms with van der Waals surface area (Å²) in [5, 5.41) is 6.78. The Morgan fingerprint density at radius 2 is 2.00 bits per heavy atom. The van der Waals surface area contributed by atoms with Gasteiger partial charge in [0, 0.05) is 17.0 Å². The third-order valence-electron chi connectivity index (χ3n) is 3.45. The number of rotatable bonds is 4. The standard InChI is InChI=1S/C16H17N3S/c1-3-11(2)19-15-14-13(12-7-5-4-6-8-12)9-20-16(14)18-10-17-15/h4-11H,3H2,1-2H3,(H,17,18,19). The summed E-state index contributed by atoms with van der Waals surface area (Å²) in [6.07, 6.45) is 2.70. The van der Waals surface area contributed by atoms with E-state index in [1.165, 1.54) is 11.1 Å². The van der Waals surface area contributed by atoms with Gasteiger partial charge in [0.2, 0.25) is 0 Å². The highest BCUT2D eigenvalue weighted by Crippen LogP contribution is 2.36. The molecule has 3 rings (SSSR count). The van der Waals surface area contributed by atoms with Gasteiger partial charge < -0.3 is 5.32 Å². The van der Waals surface area contributed by atoms with Crippen LogP contribution in [0.2, 0.25) is 0 Å². The fourth-order valence-corrected chi connectivity index (χ4v) is 3.07. The molecule has 0 spiro atoms. The Morgan fingerprint density at radius 3 is 2.75 bits per heavy atom. The zero-order valence-electron chi connectivity index (χ0n) is 11.6. The molecule has 4 heteroatoms. The Labute approximate surface area is 122 Å². The van der Waals surface area contributed by atoms with Crippen LogP contribution in [0.3, 0.4) is 0 Å². The second-order valence-electron chi connectivity index (χ2n) is 4.87. The molecule has 1 unspecified atom stereocenters. The minimum Gasteiger partial charge on any atom is -0.367 e. The molecule has 1 aromatic carbocycles. The number of aromatic nitrogens is 2. The molecule has 3 nitrogen and oxygen atoms in total. The van der Waals surface area contributed by atoms with Crippen LogP contribution in [-0.4, -0.2) is 16.0 Å². The van der Waals surface area contributed by atoms with Crippen molar-refractivity contribution >= 4 is 27.4 Å². The average molecular weight is 283 g/mol. The molecule has 0 aliphatic rings. The molecule has 0 aliphatic carbocycles. The smallest absolute Gasteiger partial charge is 0.139 e. The van der Waals surface area contributed by atoms with E-state index in [0.717, 1.165) is 22.5 Å². The molecule has 2 aromatic heterocycles. The highest BCUT2D eigenvalue weighted by molar-refractivity contribution is 7.17. The maximum Gasteiger partial charge on any atom is 0.139 e. The van der Waals surface area contributed by atoms with Gasteiger partial charge in [-0.15, -0.1) is 11.3 Å². The maximum atomic E-state index is 4.44. The van der Waals surface area contributed by atoms with Crippen LogP contribution >= 0.6 is 11.3 Å². The number of benzene rings is 1. The van der Waals surface area contributed by atoms with Gasteiger partial charge in [-0.2, -0.15) is 0 Å². The Balaban J connectivity index is 2.14. The van der Waals surface area contributed by atoms with Gasteiger partial charge in [-0.25, -0.2) is 9.97 Å². The van der Waals surface area contributed by atoms with Crippen molar-refractivity contribution in [2.24, 2.45) is 0 Å². The molecule has 0 saturated carbocycles. The van der Waals surface area contributed by atoms with Crippen LogP contribution in [0.1, 0.15) is 20.3 Å². The minimum atomic E-state index is 0.400. The molecule has 2 heterocycles. The number of thiophene rings is 1. The molecular formula is C16H17N3S. The molecule has 0 radical (unpaired) electrons. The van der Waals surface area contributed by atoms with Crippen LogP contribution in [0.5, 0.6) is 0 Å². The second kappa shape index (κ2) is 5.59. The van der Waals surface area contributed by atoms with Gasteiger partial charge in [0.25, 0.3) is 0 Å². The number of hydrogen-bond donors (Lipinski definition) is 1. The number of nitrogens with zero attached hydrogens (tertiary/aromatic N) is 2. The van der Waals surface area contributed by atoms with Crippen LogP contribution < -0.4 is 5.32 Å². The van der Waals surface area contributed by atoms with Crippen molar-refractivity contribution in [3.05, 3.63) is 42.0 Å². The summed E-state index contributed by atoms with van der Waals surface area (Å²) in [6, 6.07) is 10.8. The van der Waals surface area contributed by atoms with E-state index < -0.39 is 0 Å². The van der Waals surface area contributed by atoms with Crippen molar-refractivity contribution in [1.82, 2.24) is 9.97 Å². The minimum absolute atomic E-state index is 0.400. The van der Waals surface area contributed by atoms with E-state index in [2.05, 4.69) is 58.8 Å². The van der Waals surface area contributed by atoms with Gasteiger partial charge in [0.15, 0.2) is 0 Å². The van der Waals surface area contributed by atoms with Crippen LogP contribution in [0.4, 0.5) is 5.82 Å². The van der Waals surface area contributed by atoms with E-state index in [1.54, 1.807) is 17.7 Å². The van der Waals surface area contributed by atoms with Crippen LogP contribution in [0, 0.1) is 0 Å². The summed E-state index contributed by atoms with van der Waals surface area (Å²) in [4.78, 5) is 9.86. The van der Waals surface area contributed by atoms with E-state index in [1.807, 2.05) is 6.07 Å². The molecule has 3 aromatic rings. The van der Waals surface area contributed by atoms with Crippen molar-refractivity contribution in [2.45, 2.75) is 26.3 Å². The predicted molar refractivity (Wildman–Crippen MR) is 86.2 cm³/mol. The maximum absolute atomic E-state index is 4.44. The number of fused-ring (bicyclic) bond motifs is 1. The molecule has 0 aliphatic heterocycles. The van der Waals surface area contributed by atoms with Gasteiger partial charge in [-0.05, 0) is 18.9 Å². The molecule has 0 amide bonds. The second-order valence-corrected chi connectivity index (χ2v) is 5.73. The molecule has 1 atom stereocenters. The predicted octanol–water partition coefficient (Wildman–Crippen LogP) is 4.57. The summed E-state index contributed by atoms with van der Waals surface area (Å²) in [6.45, 7) is 4.34. The topological polar surface area (TPSA) is 37.8 Å². The number of anilines is 1. The zero-order chi connectivity index (χ0) is 13.9. The van der Waals surface area contributed by atoms with Crippen molar-refractivity contribution in [3.8, 4) is 11.1 Å². The summed E-state index contributed by atoms with van der Waals surface area (Å²) in [5.74, 6) is 0.935. The summed E-state index contributed by atoms with van der Waals surface area (Å²) in [7, 11) is 0. The van der Waals surface area contributed by atoms with Gasteiger partial charge in [-0.3, -0.25) is 0 Å². The third-order valence-corrected chi connectivity index (χ3v) is 4.34. The molecule has 102 valence electrons. The van der Waals surface area contributed by atoms with E-state index in [0.29, 0.717) is 6.04 Å². The zero-order valence-corrected chi connectivity index (χ0v) is 12.4. The lowest BCUT2D eigenvalue weighted by Gasteiger charge is -2.13. The van der Waals surface area contributed by atoms with Crippen molar-refractivity contribution in [1.29, 1.82) is 0 Å².